The third kappa shape index (κ3) is 3.49. The summed E-state index contributed by atoms with van der Waals surface area (Å²) in [6.07, 6.45) is 0. The van der Waals surface area contributed by atoms with Crippen molar-refractivity contribution in [2.24, 2.45) is 0 Å². The van der Waals surface area contributed by atoms with Gasteiger partial charge in [-0.15, -0.1) is 0 Å². The fraction of sp³-hybridized carbons (Fsp3) is 0.0909. The SMILES string of the molecule is Cc1ccc(C#Cc2ccccc2-c2cc(C)ccc2F)cc1. The van der Waals surface area contributed by atoms with Crippen molar-refractivity contribution in [1.82, 2.24) is 0 Å². The van der Waals surface area contributed by atoms with E-state index in [1.807, 2.05) is 68.4 Å². The number of hydrogen-bond donors (Lipinski definition) is 0. The highest BCUT2D eigenvalue weighted by atomic mass is 19.1. The Hall–Kier alpha value is -2.85. The van der Waals surface area contributed by atoms with Gasteiger partial charge in [0.1, 0.15) is 5.82 Å². The van der Waals surface area contributed by atoms with Crippen LogP contribution in [-0.2, 0) is 0 Å². The van der Waals surface area contributed by atoms with Crippen molar-refractivity contribution in [3.8, 4) is 23.0 Å². The lowest BCUT2D eigenvalue weighted by Crippen LogP contribution is -1.89. The van der Waals surface area contributed by atoms with Gasteiger partial charge in [0.15, 0.2) is 0 Å². The molecule has 0 unspecified atom stereocenters. The Morgan fingerprint density at radius 1 is 0.696 bits per heavy atom. The van der Waals surface area contributed by atoms with Crippen LogP contribution in [-0.4, -0.2) is 0 Å². The topological polar surface area (TPSA) is 0 Å². The Labute approximate surface area is 136 Å². The summed E-state index contributed by atoms with van der Waals surface area (Å²) in [7, 11) is 0. The van der Waals surface area contributed by atoms with E-state index in [1.54, 1.807) is 6.07 Å². The van der Waals surface area contributed by atoms with Gasteiger partial charge in [-0.3, -0.25) is 0 Å². The van der Waals surface area contributed by atoms with Gasteiger partial charge in [-0.25, -0.2) is 4.39 Å². The molecule has 0 aliphatic carbocycles. The Balaban J connectivity index is 2.05. The quantitative estimate of drug-likeness (QED) is 0.520. The summed E-state index contributed by atoms with van der Waals surface area (Å²) in [5.41, 5.74) is 5.44. The van der Waals surface area contributed by atoms with E-state index in [2.05, 4.69) is 11.8 Å². The second-order valence-electron chi connectivity index (χ2n) is 5.64. The smallest absolute Gasteiger partial charge is 0.131 e. The highest BCUT2D eigenvalue weighted by Crippen LogP contribution is 2.27. The van der Waals surface area contributed by atoms with Gasteiger partial charge in [0, 0.05) is 22.3 Å². The molecule has 0 bridgehead atoms. The molecule has 0 aromatic heterocycles. The number of hydrogen-bond acceptors (Lipinski definition) is 0. The first kappa shape index (κ1) is 15.1. The molecule has 3 rings (SSSR count). The van der Waals surface area contributed by atoms with Crippen LogP contribution in [0.3, 0.4) is 0 Å². The van der Waals surface area contributed by atoms with E-state index in [1.165, 1.54) is 11.6 Å². The van der Waals surface area contributed by atoms with Crippen molar-refractivity contribution in [3.05, 3.63) is 94.8 Å². The summed E-state index contributed by atoms with van der Waals surface area (Å²) in [6, 6.07) is 20.9. The average Bonchev–Trinajstić information content (AvgIpc) is 2.57. The predicted octanol–water partition coefficient (Wildman–Crippen LogP) is 5.51. The largest absolute Gasteiger partial charge is 0.206 e. The molecule has 0 aliphatic heterocycles. The van der Waals surface area contributed by atoms with Gasteiger partial charge in [-0.05, 0) is 44.2 Å². The van der Waals surface area contributed by atoms with E-state index < -0.39 is 0 Å². The second kappa shape index (κ2) is 6.50. The molecule has 0 saturated carbocycles. The molecule has 1 heteroatoms. The molecule has 3 aromatic rings. The first-order valence-corrected chi connectivity index (χ1v) is 7.58. The van der Waals surface area contributed by atoms with Crippen LogP contribution in [0.5, 0.6) is 0 Å². The number of benzene rings is 3. The van der Waals surface area contributed by atoms with Gasteiger partial charge < -0.3 is 0 Å². The van der Waals surface area contributed by atoms with Crippen molar-refractivity contribution in [3.63, 3.8) is 0 Å². The number of rotatable bonds is 1. The second-order valence-corrected chi connectivity index (χ2v) is 5.64. The zero-order valence-electron chi connectivity index (χ0n) is 13.2. The first-order chi connectivity index (χ1) is 11.1. The summed E-state index contributed by atoms with van der Waals surface area (Å²) in [5.74, 6) is 6.12. The maximum absolute atomic E-state index is 14.2. The van der Waals surface area contributed by atoms with Gasteiger partial charge in [0.05, 0.1) is 0 Å². The fourth-order valence-corrected chi connectivity index (χ4v) is 2.45. The maximum atomic E-state index is 14.2. The molecule has 0 atom stereocenters. The molecule has 0 spiro atoms. The van der Waals surface area contributed by atoms with E-state index in [9.17, 15) is 4.39 Å². The molecule has 0 nitrogen and oxygen atoms in total. The summed E-state index contributed by atoms with van der Waals surface area (Å²) < 4.78 is 14.2. The molecule has 112 valence electrons. The molecule has 0 amide bonds. The zero-order chi connectivity index (χ0) is 16.2. The Kier molecular flexibility index (Phi) is 4.26. The number of aryl methyl sites for hydroxylation is 2. The van der Waals surface area contributed by atoms with Crippen LogP contribution in [0.2, 0.25) is 0 Å². The highest BCUT2D eigenvalue weighted by Gasteiger charge is 2.08. The normalized spacial score (nSPS) is 10.0. The monoisotopic (exact) mass is 300 g/mol. The van der Waals surface area contributed by atoms with Gasteiger partial charge in [-0.2, -0.15) is 0 Å². The Morgan fingerprint density at radius 3 is 2.17 bits per heavy atom. The molecule has 0 aliphatic rings. The zero-order valence-corrected chi connectivity index (χ0v) is 13.2. The molecular weight excluding hydrogens is 283 g/mol. The van der Waals surface area contributed by atoms with Crippen LogP contribution >= 0.6 is 0 Å². The van der Waals surface area contributed by atoms with Crippen LogP contribution in [0.4, 0.5) is 4.39 Å². The van der Waals surface area contributed by atoms with Crippen molar-refractivity contribution in [1.29, 1.82) is 0 Å². The summed E-state index contributed by atoms with van der Waals surface area (Å²) in [6.45, 7) is 4.01. The molecule has 0 radical (unpaired) electrons. The van der Waals surface area contributed by atoms with Gasteiger partial charge in [0.2, 0.25) is 0 Å². The molecule has 3 aromatic carbocycles. The van der Waals surface area contributed by atoms with E-state index in [0.29, 0.717) is 5.56 Å². The number of halogens is 1. The molecule has 0 saturated heterocycles. The minimum absolute atomic E-state index is 0.222. The minimum atomic E-state index is -0.222. The molecule has 0 heterocycles. The maximum Gasteiger partial charge on any atom is 0.131 e. The van der Waals surface area contributed by atoms with Gasteiger partial charge in [-0.1, -0.05) is 59.4 Å². The predicted molar refractivity (Wildman–Crippen MR) is 93.7 cm³/mol. The van der Waals surface area contributed by atoms with Crippen molar-refractivity contribution >= 4 is 0 Å². The van der Waals surface area contributed by atoms with Crippen LogP contribution in [0.1, 0.15) is 22.3 Å². The van der Waals surface area contributed by atoms with Crippen LogP contribution in [0.25, 0.3) is 11.1 Å². The molecule has 0 fully saturated rings. The van der Waals surface area contributed by atoms with Gasteiger partial charge >= 0.3 is 0 Å². The third-order valence-electron chi connectivity index (χ3n) is 3.73. The molecule has 0 N–H and O–H groups in total. The van der Waals surface area contributed by atoms with E-state index >= 15 is 0 Å². The van der Waals surface area contributed by atoms with Crippen molar-refractivity contribution in [2.75, 3.05) is 0 Å². The summed E-state index contributed by atoms with van der Waals surface area (Å²) >= 11 is 0. The van der Waals surface area contributed by atoms with Crippen LogP contribution in [0, 0.1) is 31.5 Å². The van der Waals surface area contributed by atoms with Crippen LogP contribution in [0.15, 0.2) is 66.7 Å². The third-order valence-corrected chi connectivity index (χ3v) is 3.73. The first-order valence-electron chi connectivity index (χ1n) is 7.58. The lowest BCUT2D eigenvalue weighted by molar-refractivity contribution is 0.631. The minimum Gasteiger partial charge on any atom is -0.206 e. The lowest BCUT2D eigenvalue weighted by atomic mass is 9.98. The van der Waals surface area contributed by atoms with E-state index in [4.69, 9.17) is 0 Å². The molecular formula is C22H17F. The van der Waals surface area contributed by atoms with E-state index in [-0.39, 0.29) is 5.82 Å². The Morgan fingerprint density at radius 2 is 1.39 bits per heavy atom. The highest BCUT2D eigenvalue weighted by molar-refractivity contribution is 5.72. The summed E-state index contributed by atoms with van der Waals surface area (Å²) in [5, 5.41) is 0. The van der Waals surface area contributed by atoms with Crippen LogP contribution < -0.4 is 0 Å². The molecule has 23 heavy (non-hydrogen) atoms. The summed E-state index contributed by atoms with van der Waals surface area (Å²) in [4.78, 5) is 0. The fourth-order valence-electron chi connectivity index (χ4n) is 2.45. The van der Waals surface area contributed by atoms with E-state index in [0.717, 1.165) is 22.3 Å². The van der Waals surface area contributed by atoms with Crippen molar-refractivity contribution < 1.29 is 4.39 Å². The Bertz CT molecular complexity index is 893. The lowest BCUT2D eigenvalue weighted by Gasteiger charge is -2.07. The standard InChI is InChI=1S/C22H17F/c1-16-7-10-18(11-8-16)12-13-19-5-3-4-6-20(19)21-15-17(2)9-14-22(21)23/h3-11,14-15H,1-2H3. The van der Waals surface area contributed by atoms with Gasteiger partial charge in [0.25, 0.3) is 0 Å². The van der Waals surface area contributed by atoms with Crippen molar-refractivity contribution in [2.45, 2.75) is 13.8 Å². The average molecular weight is 300 g/mol.